The highest BCUT2D eigenvalue weighted by Gasteiger charge is 2.32. The first-order chi connectivity index (χ1) is 20.6. The van der Waals surface area contributed by atoms with Crippen LogP contribution in [0.15, 0.2) is 71.0 Å². The summed E-state index contributed by atoms with van der Waals surface area (Å²) in [6.45, 7) is 7.24. The van der Waals surface area contributed by atoms with Gasteiger partial charge in [0.25, 0.3) is 5.91 Å². The number of ether oxygens (including phenoxy) is 3. The van der Waals surface area contributed by atoms with E-state index in [2.05, 4.69) is 21.2 Å². The number of para-hydroxylation sites is 1. The number of methoxy groups -OCH3 is 1. The maximum Gasteiger partial charge on any atom is 0.338 e. The van der Waals surface area contributed by atoms with Crippen LogP contribution in [0.4, 0.5) is 0 Å². The van der Waals surface area contributed by atoms with Gasteiger partial charge in [0.15, 0.2) is 11.7 Å². The highest BCUT2D eigenvalue weighted by molar-refractivity contribution is 7.80. The van der Waals surface area contributed by atoms with E-state index in [-0.39, 0.29) is 13.2 Å². The molecule has 1 atom stereocenters. The van der Waals surface area contributed by atoms with E-state index < -0.39 is 23.9 Å². The largest absolute Gasteiger partial charge is 0.483 e. The molecule has 0 aliphatic carbocycles. The number of hydrogen-bond acceptors (Lipinski definition) is 8. The van der Waals surface area contributed by atoms with Crippen LogP contribution in [0, 0.1) is 13.8 Å². The minimum Gasteiger partial charge on any atom is -0.483 e. The second-order valence-corrected chi connectivity index (χ2v) is 10.0. The highest BCUT2D eigenvalue weighted by atomic mass is 32.1. The number of thiocarbonyl (C=S) groups is 1. The van der Waals surface area contributed by atoms with Gasteiger partial charge in [-0.3, -0.25) is 4.79 Å². The van der Waals surface area contributed by atoms with Crippen molar-refractivity contribution in [2.45, 2.75) is 33.7 Å². The molecule has 1 aliphatic rings. The molecule has 4 rings (SSSR count). The minimum absolute atomic E-state index is 0.220. The Balaban J connectivity index is 1.45. The fourth-order valence-corrected chi connectivity index (χ4v) is 5.08. The summed E-state index contributed by atoms with van der Waals surface area (Å²) in [6, 6.07) is 15.5. The normalized spacial score (nSPS) is 14.6. The van der Waals surface area contributed by atoms with Gasteiger partial charge in [-0.25, -0.2) is 15.0 Å². The Labute approximate surface area is 254 Å². The maximum atomic E-state index is 12.7. The molecule has 0 radical (unpaired) electrons. The van der Waals surface area contributed by atoms with E-state index in [4.69, 9.17) is 26.4 Å². The number of esters is 2. The van der Waals surface area contributed by atoms with Crippen LogP contribution < -0.4 is 20.8 Å². The molecule has 11 nitrogen and oxygen atoms in total. The van der Waals surface area contributed by atoms with Crippen LogP contribution in [0.25, 0.3) is 5.69 Å². The molecule has 43 heavy (non-hydrogen) atoms. The maximum absolute atomic E-state index is 12.7. The van der Waals surface area contributed by atoms with Crippen LogP contribution in [0.3, 0.4) is 0 Å². The Bertz CT molecular complexity index is 1630. The monoisotopic (exact) mass is 603 g/mol. The number of hydrogen-bond donors (Lipinski definition) is 3. The number of carbonyl (C=O) groups excluding carboxylic acids is 3. The number of benzene rings is 2. The lowest BCUT2D eigenvalue weighted by Crippen LogP contribution is -2.45. The van der Waals surface area contributed by atoms with E-state index in [0.29, 0.717) is 33.3 Å². The van der Waals surface area contributed by atoms with Crippen LogP contribution in [0.5, 0.6) is 5.75 Å². The Morgan fingerprint density at radius 1 is 1.07 bits per heavy atom. The first-order valence-corrected chi connectivity index (χ1v) is 13.9. The molecule has 3 N–H and O–H groups in total. The molecule has 0 spiro atoms. The van der Waals surface area contributed by atoms with Crippen LogP contribution in [0.1, 0.15) is 52.8 Å². The van der Waals surface area contributed by atoms with Gasteiger partial charge in [0, 0.05) is 33.9 Å². The van der Waals surface area contributed by atoms with Gasteiger partial charge in [-0.15, -0.1) is 0 Å². The van der Waals surface area contributed by atoms with E-state index in [0.717, 1.165) is 22.6 Å². The van der Waals surface area contributed by atoms with Crippen molar-refractivity contribution in [3.63, 3.8) is 0 Å². The lowest BCUT2D eigenvalue weighted by atomic mass is 9.95. The van der Waals surface area contributed by atoms with E-state index in [1.807, 2.05) is 30.5 Å². The van der Waals surface area contributed by atoms with Crippen molar-refractivity contribution in [2.24, 2.45) is 5.10 Å². The standard InChI is InChI=1S/C31H33N5O6S/c1-6-41-30(39)27-19(3)33-31(43)34-28(27)24-12-7-8-13-25(24)42-17-26(37)35-32-16-22-14-18(2)36(20(22)4)23-11-9-10-21(15-23)29(38)40-5/h7-16,28H,6,17H2,1-5H3,(H,35,37)(H2,33,34,43)/t28-/m1/s1. The molecule has 2 aromatic carbocycles. The van der Waals surface area contributed by atoms with Crippen molar-refractivity contribution in [3.8, 4) is 11.4 Å². The number of nitrogens with zero attached hydrogens (tertiary/aromatic N) is 2. The van der Waals surface area contributed by atoms with Crippen molar-refractivity contribution >= 4 is 41.4 Å². The van der Waals surface area contributed by atoms with Gasteiger partial charge in [-0.2, -0.15) is 5.10 Å². The smallest absolute Gasteiger partial charge is 0.338 e. The van der Waals surface area contributed by atoms with Gasteiger partial charge in [0.2, 0.25) is 0 Å². The second-order valence-electron chi connectivity index (χ2n) is 9.61. The highest BCUT2D eigenvalue weighted by Crippen LogP contribution is 2.33. The fourth-order valence-electron chi connectivity index (χ4n) is 4.81. The van der Waals surface area contributed by atoms with E-state index in [1.165, 1.54) is 7.11 Å². The lowest BCUT2D eigenvalue weighted by Gasteiger charge is -2.30. The fraction of sp³-hybridized carbons (Fsp3) is 0.258. The zero-order valence-electron chi connectivity index (χ0n) is 24.5. The molecule has 12 heteroatoms. The molecule has 0 unspecified atom stereocenters. The number of nitrogens with one attached hydrogen (secondary N) is 3. The number of rotatable bonds is 10. The van der Waals surface area contributed by atoms with Gasteiger partial charge in [0.05, 0.1) is 37.1 Å². The van der Waals surface area contributed by atoms with Crippen LogP contribution >= 0.6 is 12.2 Å². The summed E-state index contributed by atoms with van der Waals surface area (Å²) in [5.74, 6) is -0.974. The number of allylic oxidation sites excluding steroid dienone is 1. The summed E-state index contributed by atoms with van der Waals surface area (Å²) in [6.07, 6.45) is 1.55. The van der Waals surface area contributed by atoms with Gasteiger partial charge < -0.3 is 29.4 Å². The third-order valence-corrected chi connectivity index (χ3v) is 6.96. The third-order valence-electron chi connectivity index (χ3n) is 6.74. The average Bonchev–Trinajstić information content (AvgIpc) is 3.27. The Morgan fingerprint density at radius 3 is 2.58 bits per heavy atom. The molecular formula is C31H33N5O6S. The van der Waals surface area contributed by atoms with Gasteiger partial charge in [-0.1, -0.05) is 24.3 Å². The van der Waals surface area contributed by atoms with E-state index in [9.17, 15) is 14.4 Å². The van der Waals surface area contributed by atoms with Crippen LogP contribution in [0.2, 0.25) is 0 Å². The first-order valence-electron chi connectivity index (χ1n) is 13.5. The van der Waals surface area contributed by atoms with E-state index in [1.54, 1.807) is 62.5 Å². The first kappa shape index (κ1) is 31.0. The Hall–Kier alpha value is -4.97. The number of aromatic nitrogens is 1. The summed E-state index contributed by atoms with van der Waals surface area (Å²) in [4.78, 5) is 37.4. The van der Waals surface area contributed by atoms with E-state index >= 15 is 0 Å². The molecule has 1 amide bonds. The van der Waals surface area contributed by atoms with Crippen molar-refractivity contribution in [3.05, 3.63) is 93.9 Å². The van der Waals surface area contributed by atoms with Crippen molar-refractivity contribution < 1.29 is 28.6 Å². The molecular weight excluding hydrogens is 570 g/mol. The molecule has 0 bridgehead atoms. The zero-order valence-corrected chi connectivity index (χ0v) is 25.3. The van der Waals surface area contributed by atoms with Crippen LogP contribution in [-0.2, 0) is 19.1 Å². The molecule has 2 heterocycles. The molecule has 3 aromatic rings. The summed E-state index contributed by atoms with van der Waals surface area (Å²) < 4.78 is 17.9. The number of carbonyl (C=O) groups is 3. The van der Waals surface area contributed by atoms with Crippen molar-refractivity contribution in [2.75, 3.05) is 20.3 Å². The number of amides is 1. The summed E-state index contributed by atoms with van der Waals surface area (Å²) in [5, 5.41) is 10.5. The Morgan fingerprint density at radius 2 is 1.84 bits per heavy atom. The number of aryl methyl sites for hydroxylation is 1. The van der Waals surface area contributed by atoms with Gasteiger partial charge in [0.1, 0.15) is 5.75 Å². The van der Waals surface area contributed by atoms with Crippen molar-refractivity contribution in [1.29, 1.82) is 0 Å². The lowest BCUT2D eigenvalue weighted by molar-refractivity contribution is -0.139. The molecule has 224 valence electrons. The molecule has 0 saturated heterocycles. The number of hydrazone groups is 1. The third kappa shape index (κ3) is 7.09. The summed E-state index contributed by atoms with van der Waals surface area (Å²) in [7, 11) is 1.34. The second kappa shape index (κ2) is 13.8. The quantitative estimate of drug-likeness (QED) is 0.137. The zero-order chi connectivity index (χ0) is 31.1. The molecule has 1 aromatic heterocycles. The molecule has 0 saturated carbocycles. The minimum atomic E-state index is -0.631. The van der Waals surface area contributed by atoms with Gasteiger partial charge in [-0.05, 0) is 70.2 Å². The average molecular weight is 604 g/mol. The Kier molecular flexibility index (Phi) is 9.94. The topological polar surface area (TPSA) is 132 Å². The predicted octanol–water partition coefficient (Wildman–Crippen LogP) is 3.77. The van der Waals surface area contributed by atoms with Crippen molar-refractivity contribution in [1.82, 2.24) is 20.6 Å². The van der Waals surface area contributed by atoms with Gasteiger partial charge >= 0.3 is 11.9 Å². The predicted molar refractivity (Wildman–Crippen MR) is 165 cm³/mol. The summed E-state index contributed by atoms with van der Waals surface area (Å²) in [5.41, 5.74) is 7.88. The molecule has 1 aliphatic heterocycles. The van der Waals surface area contributed by atoms with Crippen LogP contribution in [-0.4, -0.2) is 54.1 Å². The molecule has 0 fully saturated rings. The SMILES string of the molecule is CCOC(=O)C1=C(C)NC(=S)N[C@@H]1c1ccccc1OCC(=O)NN=Cc1cc(C)n(-c2cccc(C(=O)OC)c2)c1C. The summed E-state index contributed by atoms with van der Waals surface area (Å²) >= 11 is 5.32.